The first-order valence-electron chi connectivity index (χ1n) is 6.14. The molecule has 0 aliphatic heterocycles. The smallest absolute Gasteiger partial charge is 0.215 e. The minimum absolute atomic E-state index is 0.0739. The van der Waals surface area contributed by atoms with Gasteiger partial charge in [0.05, 0.1) is 10.1 Å². The van der Waals surface area contributed by atoms with Gasteiger partial charge in [-0.2, -0.15) is 0 Å². The van der Waals surface area contributed by atoms with Crippen molar-refractivity contribution in [3.05, 3.63) is 45.6 Å². The summed E-state index contributed by atoms with van der Waals surface area (Å²) in [4.78, 5) is 0.864. The Morgan fingerprint density at radius 1 is 1.19 bits per heavy atom. The number of nitrogens with one attached hydrogen (secondary N) is 1. The van der Waals surface area contributed by atoms with Crippen molar-refractivity contribution in [1.29, 1.82) is 0 Å². The Balaban J connectivity index is 1.77. The quantitative estimate of drug-likeness (QED) is 0.755. The molecule has 8 heteroatoms. The van der Waals surface area contributed by atoms with E-state index >= 15 is 0 Å². The number of thiophene rings is 1. The maximum atomic E-state index is 11.8. The summed E-state index contributed by atoms with van der Waals surface area (Å²) in [6.07, 6.45) is 0. The Morgan fingerprint density at radius 2 is 1.90 bits per heavy atom. The first-order chi connectivity index (χ1) is 9.94. The molecule has 5 nitrogen and oxygen atoms in total. The van der Waals surface area contributed by atoms with Gasteiger partial charge in [-0.1, -0.05) is 11.6 Å². The zero-order valence-electron chi connectivity index (χ0n) is 11.1. The van der Waals surface area contributed by atoms with Crippen LogP contribution in [0.25, 0.3) is 0 Å². The van der Waals surface area contributed by atoms with Crippen LogP contribution in [0.3, 0.4) is 0 Å². The number of ether oxygens (including phenoxy) is 1. The highest BCUT2D eigenvalue weighted by atomic mass is 35.5. The van der Waals surface area contributed by atoms with E-state index in [-0.39, 0.29) is 18.9 Å². The zero-order valence-corrected chi connectivity index (χ0v) is 13.5. The molecule has 0 saturated heterocycles. The highest BCUT2D eigenvalue weighted by Crippen LogP contribution is 2.21. The molecule has 3 N–H and O–H groups in total. The number of hydrogen-bond donors (Lipinski definition) is 2. The van der Waals surface area contributed by atoms with Crippen LogP contribution >= 0.6 is 22.9 Å². The molecule has 1 aromatic carbocycles. The number of sulfonamides is 1. The monoisotopic (exact) mass is 346 g/mol. The van der Waals surface area contributed by atoms with Gasteiger partial charge in [0.25, 0.3) is 0 Å². The van der Waals surface area contributed by atoms with Crippen LogP contribution in [-0.4, -0.2) is 20.8 Å². The minimum Gasteiger partial charge on any atom is -0.492 e. The van der Waals surface area contributed by atoms with Crippen LogP contribution in [-0.2, 0) is 16.6 Å². The molecule has 0 unspecified atom stereocenters. The van der Waals surface area contributed by atoms with E-state index < -0.39 is 10.0 Å². The second-order valence-electron chi connectivity index (χ2n) is 4.26. The Bertz CT molecular complexity index is 684. The summed E-state index contributed by atoms with van der Waals surface area (Å²) in [6, 6.07) is 10.3. The molecule has 0 atom stereocenters. The molecule has 114 valence electrons. The van der Waals surface area contributed by atoms with Crippen molar-refractivity contribution >= 4 is 38.6 Å². The van der Waals surface area contributed by atoms with Crippen LogP contribution in [0.5, 0.6) is 5.75 Å². The fourth-order valence-corrected chi connectivity index (χ4v) is 3.47. The summed E-state index contributed by atoms with van der Waals surface area (Å²) in [5.41, 5.74) is 6.18. The molecular weight excluding hydrogens is 332 g/mol. The van der Waals surface area contributed by atoms with E-state index in [9.17, 15) is 8.42 Å². The van der Waals surface area contributed by atoms with Crippen molar-refractivity contribution < 1.29 is 13.2 Å². The number of hydrogen-bond acceptors (Lipinski definition) is 5. The molecule has 2 rings (SSSR count). The van der Waals surface area contributed by atoms with Crippen LogP contribution in [0.2, 0.25) is 4.34 Å². The molecule has 0 amide bonds. The standard InChI is InChI=1S/C13H15ClN2O3S2/c14-13-6-5-12(20-13)9-16-21(17,18)8-7-19-11-3-1-10(15)2-4-11/h1-6,16H,7-9,15H2. The van der Waals surface area contributed by atoms with Gasteiger partial charge in [-0.3, -0.25) is 0 Å². The van der Waals surface area contributed by atoms with E-state index in [4.69, 9.17) is 22.1 Å². The molecule has 2 aromatic rings. The zero-order chi connectivity index (χ0) is 15.3. The van der Waals surface area contributed by atoms with Gasteiger partial charge in [-0.05, 0) is 36.4 Å². The lowest BCUT2D eigenvalue weighted by atomic mass is 10.3. The average molecular weight is 347 g/mol. The summed E-state index contributed by atoms with van der Waals surface area (Å²) < 4.78 is 32.1. The Labute approximate surface area is 132 Å². The lowest BCUT2D eigenvalue weighted by Gasteiger charge is -2.08. The summed E-state index contributed by atoms with van der Waals surface area (Å²) in [5.74, 6) is 0.473. The maximum Gasteiger partial charge on any atom is 0.215 e. The second kappa shape index (κ2) is 7.13. The number of rotatable bonds is 7. The fraction of sp³-hybridized carbons (Fsp3) is 0.231. The minimum atomic E-state index is -3.38. The number of nitrogen functional groups attached to an aromatic ring is 1. The van der Waals surface area contributed by atoms with E-state index in [2.05, 4.69) is 4.72 Å². The number of anilines is 1. The highest BCUT2D eigenvalue weighted by molar-refractivity contribution is 7.89. The first kappa shape index (κ1) is 16.1. The normalized spacial score (nSPS) is 11.5. The molecule has 1 aromatic heterocycles. The van der Waals surface area contributed by atoms with E-state index in [0.29, 0.717) is 15.8 Å². The van der Waals surface area contributed by atoms with Crippen molar-refractivity contribution in [2.45, 2.75) is 6.54 Å². The molecule has 0 bridgehead atoms. The van der Waals surface area contributed by atoms with Crippen LogP contribution in [0, 0.1) is 0 Å². The second-order valence-corrected chi connectivity index (χ2v) is 7.99. The predicted octanol–water partition coefficient (Wildman–Crippen LogP) is 2.48. The lowest BCUT2D eigenvalue weighted by molar-refractivity contribution is 0.340. The Hall–Kier alpha value is -1.28. The molecule has 1 heterocycles. The molecule has 0 saturated carbocycles. The average Bonchev–Trinajstić information content (AvgIpc) is 2.85. The van der Waals surface area contributed by atoms with Gasteiger partial charge in [0.2, 0.25) is 10.0 Å². The van der Waals surface area contributed by atoms with Crippen LogP contribution in [0.15, 0.2) is 36.4 Å². The largest absolute Gasteiger partial charge is 0.492 e. The predicted molar refractivity (Wildman–Crippen MR) is 86.3 cm³/mol. The fourth-order valence-electron chi connectivity index (χ4n) is 1.53. The van der Waals surface area contributed by atoms with Crippen LogP contribution in [0.1, 0.15) is 4.88 Å². The molecule has 0 aliphatic rings. The van der Waals surface area contributed by atoms with Crippen molar-refractivity contribution in [3.8, 4) is 5.75 Å². The molecule has 0 aliphatic carbocycles. The Morgan fingerprint density at radius 3 is 2.52 bits per heavy atom. The molecule has 0 spiro atoms. The van der Waals surface area contributed by atoms with Crippen LogP contribution in [0.4, 0.5) is 5.69 Å². The van der Waals surface area contributed by atoms with E-state index in [0.717, 1.165) is 4.88 Å². The molecule has 0 fully saturated rings. The maximum absolute atomic E-state index is 11.8. The van der Waals surface area contributed by atoms with E-state index in [1.165, 1.54) is 11.3 Å². The summed E-state index contributed by atoms with van der Waals surface area (Å²) in [5, 5.41) is 0. The van der Waals surface area contributed by atoms with Crippen molar-refractivity contribution in [2.75, 3.05) is 18.1 Å². The van der Waals surface area contributed by atoms with Gasteiger partial charge in [-0.15, -0.1) is 11.3 Å². The SMILES string of the molecule is Nc1ccc(OCCS(=O)(=O)NCc2ccc(Cl)s2)cc1. The van der Waals surface area contributed by atoms with Crippen LogP contribution < -0.4 is 15.2 Å². The number of nitrogens with two attached hydrogens (primary N) is 1. The van der Waals surface area contributed by atoms with Crippen molar-refractivity contribution in [3.63, 3.8) is 0 Å². The van der Waals surface area contributed by atoms with E-state index in [1.807, 2.05) is 0 Å². The van der Waals surface area contributed by atoms with Gasteiger partial charge in [-0.25, -0.2) is 13.1 Å². The number of halogens is 1. The molecular formula is C13H15ClN2O3S2. The molecule has 21 heavy (non-hydrogen) atoms. The topological polar surface area (TPSA) is 81.4 Å². The first-order valence-corrected chi connectivity index (χ1v) is 8.99. The van der Waals surface area contributed by atoms with Gasteiger partial charge in [0.15, 0.2) is 0 Å². The van der Waals surface area contributed by atoms with Crippen molar-refractivity contribution in [2.24, 2.45) is 0 Å². The van der Waals surface area contributed by atoms with E-state index in [1.54, 1.807) is 36.4 Å². The summed E-state index contributed by atoms with van der Waals surface area (Å²) >= 11 is 7.13. The highest BCUT2D eigenvalue weighted by Gasteiger charge is 2.11. The third kappa shape index (κ3) is 5.55. The Kier molecular flexibility index (Phi) is 5.46. The summed E-state index contributed by atoms with van der Waals surface area (Å²) in [6.45, 7) is 0.312. The van der Waals surface area contributed by atoms with Gasteiger partial charge < -0.3 is 10.5 Å². The van der Waals surface area contributed by atoms with Crippen molar-refractivity contribution in [1.82, 2.24) is 4.72 Å². The summed E-state index contributed by atoms with van der Waals surface area (Å²) in [7, 11) is -3.38. The number of benzene rings is 1. The van der Waals surface area contributed by atoms with Gasteiger partial charge in [0.1, 0.15) is 12.4 Å². The lowest BCUT2D eigenvalue weighted by Crippen LogP contribution is -2.28. The van der Waals surface area contributed by atoms with Gasteiger partial charge in [0, 0.05) is 17.1 Å². The third-order valence-electron chi connectivity index (χ3n) is 2.60. The molecule has 0 radical (unpaired) electrons. The van der Waals surface area contributed by atoms with Gasteiger partial charge >= 0.3 is 0 Å². The third-order valence-corrected chi connectivity index (χ3v) is 5.12.